The van der Waals surface area contributed by atoms with Crippen LogP contribution in [0.5, 0.6) is 11.5 Å². The van der Waals surface area contributed by atoms with Crippen LogP contribution >= 0.6 is 11.8 Å². The molecule has 0 unspecified atom stereocenters. The number of nitrogens with zero attached hydrogens (tertiary/aromatic N) is 3. The first-order valence-corrected chi connectivity index (χ1v) is 10.9. The van der Waals surface area contributed by atoms with Crippen molar-refractivity contribution in [2.24, 2.45) is 5.10 Å². The van der Waals surface area contributed by atoms with Gasteiger partial charge in [0.15, 0.2) is 11.5 Å². The number of ether oxygens (including phenoxy) is 2. The van der Waals surface area contributed by atoms with Gasteiger partial charge >= 0.3 is 6.18 Å². The number of carbonyl (C=O) groups excluding carboxylic acids is 1. The number of carbonyl (C=O) groups is 1. The summed E-state index contributed by atoms with van der Waals surface area (Å²) in [5.74, 6) is 1.25. The van der Waals surface area contributed by atoms with E-state index in [0.29, 0.717) is 27.9 Å². The van der Waals surface area contributed by atoms with Crippen LogP contribution in [0, 0.1) is 0 Å². The molecule has 0 spiro atoms. The summed E-state index contributed by atoms with van der Waals surface area (Å²) in [4.78, 5) is 16.2. The van der Waals surface area contributed by atoms with E-state index >= 15 is 0 Å². The molecule has 0 radical (unpaired) electrons. The molecule has 3 aromatic rings. The zero-order valence-corrected chi connectivity index (χ0v) is 18.6. The summed E-state index contributed by atoms with van der Waals surface area (Å²) in [5, 5.41) is 13.8. The maximum Gasteiger partial charge on any atom is 0.416 e. The molecule has 2 aromatic carbocycles. The number of hydrazone groups is 1. The average molecular weight is 492 g/mol. The summed E-state index contributed by atoms with van der Waals surface area (Å²) in [7, 11) is 0. The average Bonchev–Trinajstić information content (AvgIpc) is 3.48. The highest BCUT2D eigenvalue weighted by Gasteiger charge is 2.30. The number of nitrogens with one attached hydrogen (secondary N) is 3. The first-order chi connectivity index (χ1) is 16.3. The third-order valence-corrected chi connectivity index (χ3v) is 5.51. The van der Waals surface area contributed by atoms with E-state index in [1.165, 1.54) is 12.1 Å². The summed E-state index contributed by atoms with van der Waals surface area (Å²) in [6.45, 7) is 1.98. The van der Waals surface area contributed by atoms with Crippen LogP contribution < -0.4 is 20.2 Å². The Labute approximate surface area is 196 Å². The molecule has 13 heteroatoms. The van der Waals surface area contributed by atoms with Crippen LogP contribution in [-0.2, 0) is 17.5 Å². The van der Waals surface area contributed by atoms with E-state index in [4.69, 9.17) is 9.47 Å². The van der Waals surface area contributed by atoms with Gasteiger partial charge in [-0.15, -0.1) is 5.10 Å². The van der Waals surface area contributed by atoms with Crippen LogP contribution in [0.1, 0.15) is 23.6 Å². The highest BCUT2D eigenvalue weighted by molar-refractivity contribution is 7.99. The number of hydrogen-bond donors (Lipinski definition) is 3. The first kappa shape index (κ1) is 23.4. The maximum absolute atomic E-state index is 12.8. The molecule has 0 fully saturated rings. The SMILES string of the molecule is C/C(=N\Nc1nc(SCC(=O)NCc2cccc(C(F)(F)F)c2)n[nH]1)c1ccc2c(c1)OCO2. The van der Waals surface area contributed by atoms with Gasteiger partial charge in [-0.3, -0.25) is 4.79 Å². The monoisotopic (exact) mass is 492 g/mol. The zero-order chi connectivity index (χ0) is 24.1. The Hall–Kier alpha value is -3.74. The lowest BCUT2D eigenvalue weighted by Crippen LogP contribution is -2.24. The third-order valence-electron chi connectivity index (χ3n) is 4.66. The molecule has 34 heavy (non-hydrogen) atoms. The van der Waals surface area contributed by atoms with E-state index in [2.05, 4.69) is 31.0 Å². The number of rotatable bonds is 8. The van der Waals surface area contributed by atoms with E-state index in [9.17, 15) is 18.0 Å². The Kier molecular flexibility index (Phi) is 6.91. The van der Waals surface area contributed by atoms with Crippen molar-refractivity contribution in [3.8, 4) is 11.5 Å². The standard InChI is InChI=1S/C21H19F3N6O3S/c1-12(14-5-6-16-17(8-14)33-11-32-16)27-28-19-26-20(30-29-19)34-10-18(31)25-9-13-3-2-4-15(7-13)21(22,23)24/h2-8H,9-11H2,1H3,(H,25,31)(H2,26,28,29,30)/b27-12+. The second-order valence-corrected chi connectivity index (χ2v) is 8.05. The number of fused-ring (bicyclic) bond motifs is 1. The number of amides is 1. The maximum atomic E-state index is 12.8. The molecule has 2 heterocycles. The van der Waals surface area contributed by atoms with Gasteiger partial charge in [0.25, 0.3) is 0 Å². The van der Waals surface area contributed by atoms with Crippen LogP contribution in [-0.4, -0.2) is 39.3 Å². The van der Waals surface area contributed by atoms with Crippen LogP contribution in [0.15, 0.2) is 52.7 Å². The van der Waals surface area contributed by atoms with Gasteiger partial charge in [-0.25, -0.2) is 10.5 Å². The van der Waals surface area contributed by atoms with Crippen molar-refractivity contribution in [1.82, 2.24) is 20.5 Å². The molecule has 0 bridgehead atoms. The molecule has 1 aromatic heterocycles. The Morgan fingerprint density at radius 3 is 2.85 bits per heavy atom. The molecule has 0 aliphatic carbocycles. The molecule has 3 N–H and O–H groups in total. The van der Waals surface area contributed by atoms with E-state index in [1.807, 2.05) is 19.1 Å². The molecule has 0 atom stereocenters. The minimum Gasteiger partial charge on any atom is -0.454 e. The Morgan fingerprint density at radius 2 is 2.03 bits per heavy atom. The van der Waals surface area contributed by atoms with Crippen LogP contribution in [0.3, 0.4) is 0 Å². The van der Waals surface area contributed by atoms with Crippen molar-refractivity contribution in [3.63, 3.8) is 0 Å². The lowest BCUT2D eigenvalue weighted by molar-refractivity contribution is -0.137. The fourth-order valence-corrected chi connectivity index (χ4v) is 3.55. The second kappa shape index (κ2) is 10.0. The topological polar surface area (TPSA) is 114 Å². The van der Waals surface area contributed by atoms with Crippen LogP contribution in [0.2, 0.25) is 0 Å². The van der Waals surface area contributed by atoms with Crippen molar-refractivity contribution in [3.05, 3.63) is 59.2 Å². The van der Waals surface area contributed by atoms with Gasteiger partial charge in [-0.05, 0) is 42.8 Å². The van der Waals surface area contributed by atoms with Gasteiger partial charge in [0.2, 0.25) is 23.8 Å². The number of benzene rings is 2. The number of alkyl halides is 3. The second-order valence-electron chi connectivity index (χ2n) is 7.11. The number of halogens is 3. The predicted octanol–water partition coefficient (Wildman–Crippen LogP) is 3.80. The Bertz CT molecular complexity index is 1210. The predicted molar refractivity (Wildman–Crippen MR) is 119 cm³/mol. The van der Waals surface area contributed by atoms with Crippen molar-refractivity contribution < 1.29 is 27.4 Å². The number of H-pyrrole nitrogens is 1. The fraction of sp³-hybridized carbons (Fsp3) is 0.238. The molecule has 1 amide bonds. The largest absolute Gasteiger partial charge is 0.454 e. The molecule has 1 aliphatic rings. The van der Waals surface area contributed by atoms with Gasteiger partial charge < -0.3 is 14.8 Å². The normalized spacial score (nSPS) is 13.1. The molecule has 178 valence electrons. The summed E-state index contributed by atoms with van der Waals surface area (Å²) < 4.78 is 49.0. The number of thioether (sulfide) groups is 1. The quantitative estimate of drug-likeness (QED) is 0.249. The molecule has 4 rings (SSSR count). The third kappa shape index (κ3) is 5.98. The fourth-order valence-electron chi connectivity index (χ4n) is 2.92. The lowest BCUT2D eigenvalue weighted by Gasteiger charge is -2.09. The van der Waals surface area contributed by atoms with Gasteiger partial charge in [0.1, 0.15) is 0 Å². The Morgan fingerprint density at radius 1 is 1.21 bits per heavy atom. The molecule has 1 aliphatic heterocycles. The van der Waals surface area contributed by atoms with E-state index in [1.54, 1.807) is 6.07 Å². The number of anilines is 1. The van der Waals surface area contributed by atoms with Gasteiger partial charge in [0.05, 0.1) is 17.0 Å². The smallest absolute Gasteiger partial charge is 0.416 e. The van der Waals surface area contributed by atoms with Crippen LogP contribution in [0.4, 0.5) is 19.1 Å². The summed E-state index contributed by atoms with van der Waals surface area (Å²) in [6, 6.07) is 10.3. The zero-order valence-electron chi connectivity index (χ0n) is 17.8. The van der Waals surface area contributed by atoms with Gasteiger partial charge in [0, 0.05) is 12.1 Å². The van der Waals surface area contributed by atoms with Crippen molar-refractivity contribution in [2.75, 3.05) is 18.0 Å². The highest BCUT2D eigenvalue weighted by atomic mass is 32.2. The molecular weight excluding hydrogens is 473 g/mol. The van der Waals surface area contributed by atoms with Crippen molar-refractivity contribution in [1.29, 1.82) is 0 Å². The van der Waals surface area contributed by atoms with E-state index in [0.717, 1.165) is 29.5 Å². The first-order valence-electron chi connectivity index (χ1n) is 9.96. The minimum absolute atomic E-state index is 0.00422. The van der Waals surface area contributed by atoms with Crippen molar-refractivity contribution in [2.45, 2.75) is 24.8 Å². The van der Waals surface area contributed by atoms with Crippen LogP contribution in [0.25, 0.3) is 0 Å². The highest BCUT2D eigenvalue weighted by Crippen LogP contribution is 2.32. The minimum atomic E-state index is -4.43. The summed E-state index contributed by atoms with van der Waals surface area (Å²) in [6.07, 6.45) is -4.43. The number of hydrogen-bond acceptors (Lipinski definition) is 8. The number of aromatic amines is 1. The van der Waals surface area contributed by atoms with Crippen molar-refractivity contribution >= 4 is 29.3 Å². The summed E-state index contributed by atoms with van der Waals surface area (Å²) in [5.41, 5.74) is 3.88. The molecule has 9 nitrogen and oxygen atoms in total. The number of aromatic nitrogens is 3. The molecular formula is C21H19F3N6O3S. The lowest BCUT2D eigenvalue weighted by atomic mass is 10.1. The summed E-state index contributed by atoms with van der Waals surface area (Å²) >= 11 is 1.07. The molecule has 0 saturated heterocycles. The van der Waals surface area contributed by atoms with E-state index in [-0.39, 0.29) is 30.9 Å². The van der Waals surface area contributed by atoms with E-state index < -0.39 is 11.7 Å². The molecule has 0 saturated carbocycles. The van der Waals surface area contributed by atoms with Gasteiger partial charge in [-0.2, -0.15) is 23.3 Å². The Balaban J connectivity index is 1.24. The van der Waals surface area contributed by atoms with Gasteiger partial charge in [-0.1, -0.05) is 23.9 Å².